The molecule has 5 N–H and O–H groups in total. The standard InChI is InChI=1S/C21H16ClN5O4/c22-12-3-1-4-13(9-12)23-20(28)24-14-5-2-6-15(10-14)31-16-7-8-17-18(11-16)26-19(25-17)27-21(29)30/h1-11H,(H,29,30)(H2,23,24,28)(H2,25,26,27). The molecule has 0 spiro atoms. The molecule has 4 rings (SSSR count). The monoisotopic (exact) mass is 437 g/mol. The summed E-state index contributed by atoms with van der Waals surface area (Å²) in [6.07, 6.45) is -1.21. The molecule has 0 aliphatic carbocycles. The summed E-state index contributed by atoms with van der Waals surface area (Å²) in [4.78, 5) is 29.9. The van der Waals surface area contributed by atoms with E-state index in [1.807, 2.05) is 0 Å². The van der Waals surface area contributed by atoms with Crippen LogP contribution >= 0.6 is 11.6 Å². The van der Waals surface area contributed by atoms with Gasteiger partial charge in [-0.25, -0.2) is 14.6 Å². The third-order valence-electron chi connectivity index (χ3n) is 4.09. The third kappa shape index (κ3) is 5.22. The molecule has 4 aromatic rings. The average molecular weight is 438 g/mol. The Morgan fingerprint density at radius 2 is 1.61 bits per heavy atom. The van der Waals surface area contributed by atoms with Crippen molar-refractivity contribution in [1.29, 1.82) is 0 Å². The van der Waals surface area contributed by atoms with Gasteiger partial charge in [-0.1, -0.05) is 23.7 Å². The van der Waals surface area contributed by atoms with Crippen LogP contribution in [-0.4, -0.2) is 27.2 Å². The summed E-state index contributed by atoms with van der Waals surface area (Å²) in [6.45, 7) is 0. The Bertz CT molecular complexity index is 1270. The maximum Gasteiger partial charge on any atom is 0.411 e. The lowest BCUT2D eigenvalue weighted by Crippen LogP contribution is -2.19. The predicted octanol–water partition coefficient (Wildman–Crippen LogP) is 5.74. The number of urea groups is 1. The number of ether oxygens (including phenoxy) is 1. The van der Waals surface area contributed by atoms with Gasteiger partial charge in [-0.2, -0.15) is 0 Å². The van der Waals surface area contributed by atoms with E-state index in [0.29, 0.717) is 38.9 Å². The van der Waals surface area contributed by atoms with Crippen molar-refractivity contribution in [1.82, 2.24) is 9.97 Å². The van der Waals surface area contributed by atoms with Gasteiger partial charge < -0.3 is 25.5 Å². The zero-order chi connectivity index (χ0) is 21.8. The molecule has 1 heterocycles. The number of aromatic nitrogens is 2. The second-order valence-electron chi connectivity index (χ2n) is 6.41. The fourth-order valence-corrected chi connectivity index (χ4v) is 3.04. The Balaban J connectivity index is 1.44. The lowest BCUT2D eigenvalue weighted by atomic mass is 10.3. The van der Waals surface area contributed by atoms with Crippen LogP contribution in [0.15, 0.2) is 66.7 Å². The highest BCUT2D eigenvalue weighted by Gasteiger charge is 2.08. The highest BCUT2D eigenvalue weighted by molar-refractivity contribution is 6.30. The van der Waals surface area contributed by atoms with Crippen LogP contribution in [0.3, 0.4) is 0 Å². The van der Waals surface area contributed by atoms with Crippen molar-refractivity contribution in [2.75, 3.05) is 16.0 Å². The number of nitrogens with zero attached hydrogens (tertiary/aromatic N) is 1. The van der Waals surface area contributed by atoms with E-state index in [2.05, 4.69) is 25.9 Å². The SMILES string of the molecule is O=C(O)Nc1nc2ccc(Oc3cccc(NC(=O)Nc4cccc(Cl)c4)c3)cc2[nH]1. The molecule has 0 saturated heterocycles. The highest BCUT2D eigenvalue weighted by Crippen LogP contribution is 2.27. The highest BCUT2D eigenvalue weighted by atomic mass is 35.5. The minimum Gasteiger partial charge on any atom is -0.465 e. The van der Waals surface area contributed by atoms with Gasteiger partial charge in [0.15, 0.2) is 0 Å². The molecule has 0 aliphatic rings. The van der Waals surface area contributed by atoms with Crippen LogP contribution < -0.4 is 20.7 Å². The smallest absolute Gasteiger partial charge is 0.411 e. The molecule has 0 aliphatic heterocycles. The number of imidazole rings is 1. The first kappa shape index (κ1) is 20.0. The Labute approximate surface area is 181 Å². The third-order valence-corrected chi connectivity index (χ3v) is 4.32. The number of anilines is 3. The van der Waals surface area contributed by atoms with Crippen LogP contribution in [0.1, 0.15) is 0 Å². The fraction of sp³-hybridized carbons (Fsp3) is 0. The molecular weight excluding hydrogens is 422 g/mol. The van der Waals surface area contributed by atoms with E-state index in [1.165, 1.54) is 0 Å². The Morgan fingerprint density at radius 3 is 2.35 bits per heavy atom. The van der Waals surface area contributed by atoms with Gasteiger partial charge in [0.05, 0.1) is 11.0 Å². The topological polar surface area (TPSA) is 128 Å². The summed E-state index contributed by atoms with van der Waals surface area (Å²) in [6, 6.07) is 18.4. The molecule has 0 bridgehead atoms. The van der Waals surface area contributed by atoms with Crippen molar-refractivity contribution >= 4 is 52.1 Å². The summed E-state index contributed by atoms with van der Waals surface area (Å²) in [5.74, 6) is 1.14. The van der Waals surface area contributed by atoms with Crippen molar-refractivity contribution in [2.45, 2.75) is 0 Å². The van der Waals surface area contributed by atoms with E-state index < -0.39 is 12.1 Å². The summed E-state index contributed by atoms with van der Waals surface area (Å²) in [5, 5.41) is 16.9. The van der Waals surface area contributed by atoms with E-state index in [-0.39, 0.29) is 5.95 Å². The Hall–Kier alpha value is -4.24. The molecule has 1 aromatic heterocycles. The van der Waals surface area contributed by atoms with Crippen LogP contribution in [-0.2, 0) is 0 Å². The molecule has 3 amide bonds. The van der Waals surface area contributed by atoms with E-state index in [0.717, 1.165) is 0 Å². The number of benzene rings is 3. The Morgan fingerprint density at radius 1 is 0.903 bits per heavy atom. The molecule has 0 saturated carbocycles. The number of hydrogen-bond donors (Lipinski definition) is 5. The van der Waals surface area contributed by atoms with Crippen LogP contribution in [0.5, 0.6) is 11.5 Å². The van der Waals surface area contributed by atoms with Gasteiger partial charge in [0.2, 0.25) is 5.95 Å². The molecule has 156 valence electrons. The average Bonchev–Trinajstić information content (AvgIpc) is 3.09. The van der Waals surface area contributed by atoms with Gasteiger partial charge in [0.25, 0.3) is 0 Å². The first-order valence-electron chi connectivity index (χ1n) is 9.06. The normalized spacial score (nSPS) is 10.5. The van der Waals surface area contributed by atoms with Crippen molar-refractivity contribution < 1.29 is 19.4 Å². The number of carboxylic acid groups (broad SMARTS) is 1. The van der Waals surface area contributed by atoms with E-state index in [4.69, 9.17) is 21.4 Å². The number of amides is 3. The molecule has 31 heavy (non-hydrogen) atoms. The van der Waals surface area contributed by atoms with Crippen molar-refractivity contribution in [3.8, 4) is 11.5 Å². The second-order valence-corrected chi connectivity index (χ2v) is 6.85. The quantitative estimate of drug-likeness (QED) is 0.272. The number of fused-ring (bicyclic) bond motifs is 1. The summed E-state index contributed by atoms with van der Waals surface area (Å²) in [5.41, 5.74) is 2.30. The number of carbonyl (C=O) groups excluding carboxylic acids is 1. The van der Waals surface area contributed by atoms with E-state index in [9.17, 15) is 9.59 Å². The first-order valence-corrected chi connectivity index (χ1v) is 9.44. The van der Waals surface area contributed by atoms with Crippen molar-refractivity contribution in [2.24, 2.45) is 0 Å². The molecule has 0 atom stereocenters. The molecule has 9 nitrogen and oxygen atoms in total. The van der Waals surface area contributed by atoms with E-state index >= 15 is 0 Å². The maximum atomic E-state index is 12.2. The molecule has 10 heteroatoms. The van der Waals surface area contributed by atoms with Crippen molar-refractivity contribution in [3.63, 3.8) is 0 Å². The van der Waals surface area contributed by atoms with Gasteiger partial charge >= 0.3 is 12.1 Å². The number of H-pyrrole nitrogens is 1. The minimum atomic E-state index is -1.21. The molecular formula is C21H16ClN5O4. The lowest BCUT2D eigenvalue weighted by molar-refractivity contribution is 0.209. The number of carbonyl (C=O) groups is 2. The summed E-state index contributed by atoms with van der Waals surface area (Å²) >= 11 is 5.92. The fourth-order valence-electron chi connectivity index (χ4n) is 2.85. The van der Waals surface area contributed by atoms with Gasteiger partial charge in [0, 0.05) is 28.5 Å². The maximum absolute atomic E-state index is 12.2. The molecule has 3 aromatic carbocycles. The number of aromatic amines is 1. The second kappa shape index (κ2) is 8.64. The summed E-state index contributed by atoms with van der Waals surface area (Å²) < 4.78 is 5.86. The molecule has 0 fully saturated rings. The van der Waals surface area contributed by atoms with Gasteiger partial charge in [0.1, 0.15) is 11.5 Å². The molecule has 0 unspecified atom stereocenters. The minimum absolute atomic E-state index is 0.122. The van der Waals surface area contributed by atoms with Gasteiger partial charge in [-0.15, -0.1) is 0 Å². The number of halogens is 1. The molecule has 0 radical (unpaired) electrons. The lowest BCUT2D eigenvalue weighted by Gasteiger charge is -2.10. The van der Waals surface area contributed by atoms with Crippen LogP contribution in [0.2, 0.25) is 5.02 Å². The predicted molar refractivity (Wildman–Crippen MR) is 118 cm³/mol. The largest absolute Gasteiger partial charge is 0.465 e. The number of nitrogens with one attached hydrogen (secondary N) is 4. The Kier molecular flexibility index (Phi) is 5.59. The van der Waals surface area contributed by atoms with Crippen molar-refractivity contribution in [3.05, 3.63) is 71.8 Å². The van der Waals surface area contributed by atoms with Gasteiger partial charge in [-0.3, -0.25) is 5.32 Å². The van der Waals surface area contributed by atoms with Crippen LogP contribution in [0.25, 0.3) is 11.0 Å². The summed E-state index contributed by atoms with van der Waals surface area (Å²) in [7, 11) is 0. The zero-order valence-electron chi connectivity index (χ0n) is 15.8. The van der Waals surface area contributed by atoms with E-state index in [1.54, 1.807) is 66.7 Å². The van der Waals surface area contributed by atoms with Crippen LogP contribution in [0.4, 0.5) is 26.9 Å². The zero-order valence-corrected chi connectivity index (χ0v) is 16.6. The van der Waals surface area contributed by atoms with Crippen LogP contribution in [0, 0.1) is 0 Å². The van der Waals surface area contributed by atoms with Gasteiger partial charge in [-0.05, 0) is 42.5 Å². The first-order chi connectivity index (χ1) is 14.9. The number of rotatable bonds is 5. The number of hydrogen-bond acceptors (Lipinski definition) is 4.